The smallest absolute Gasteiger partial charge is 0.343 e. The van der Waals surface area contributed by atoms with Crippen LogP contribution in [0.1, 0.15) is 39.2 Å². The van der Waals surface area contributed by atoms with Gasteiger partial charge in [-0.05, 0) is 43.5 Å². The number of rotatable bonds is 9. The number of ether oxygens (including phenoxy) is 1. The summed E-state index contributed by atoms with van der Waals surface area (Å²) in [5, 5.41) is 7.18. The van der Waals surface area contributed by atoms with Gasteiger partial charge >= 0.3 is 5.97 Å². The Morgan fingerprint density at radius 3 is 2.41 bits per heavy atom. The Hall–Kier alpha value is -3.19. The molecule has 1 aromatic heterocycles. The average molecular weight is 458 g/mol. The third kappa shape index (κ3) is 6.40. The fourth-order valence-corrected chi connectivity index (χ4v) is 3.47. The fourth-order valence-electron chi connectivity index (χ4n) is 3.16. The lowest BCUT2D eigenvalue weighted by atomic mass is 10.1. The van der Waals surface area contributed by atoms with Gasteiger partial charge in [0.05, 0.1) is 18.8 Å². The van der Waals surface area contributed by atoms with Crippen LogP contribution in [0.5, 0.6) is 0 Å². The van der Waals surface area contributed by atoms with Crippen LogP contribution in [0.15, 0.2) is 48.5 Å². The molecule has 168 valence electrons. The number of carbonyl (C=O) groups is 2. The van der Waals surface area contributed by atoms with E-state index in [4.69, 9.17) is 16.3 Å². The van der Waals surface area contributed by atoms with Gasteiger partial charge in [-0.25, -0.2) is 13.9 Å². The quantitative estimate of drug-likeness (QED) is 0.385. The van der Waals surface area contributed by atoms with Gasteiger partial charge in [0.1, 0.15) is 23.1 Å². The van der Waals surface area contributed by atoms with E-state index in [1.54, 1.807) is 19.1 Å². The Kier molecular flexibility index (Phi) is 8.00. The van der Waals surface area contributed by atoms with Crippen LogP contribution in [0.3, 0.4) is 0 Å². The standard InChI is InChI=1S/C24H25ClFN3O3/c1-16-3-5-18(6-4-16)9-12-21(30)27-13-14-32-24(31)22-17(2)28-29(23(22)25)15-19-7-10-20(26)11-8-19/h3-8,10-11H,9,12-15H2,1-2H3,(H,27,30). The Bertz CT molecular complexity index is 1080. The van der Waals surface area contributed by atoms with Crippen LogP contribution in [-0.2, 0) is 22.5 Å². The van der Waals surface area contributed by atoms with Crippen LogP contribution in [-0.4, -0.2) is 34.8 Å². The Morgan fingerprint density at radius 2 is 1.72 bits per heavy atom. The first-order valence-corrected chi connectivity index (χ1v) is 10.7. The number of carbonyl (C=O) groups excluding carboxylic acids is 2. The second-order valence-electron chi connectivity index (χ2n) is 7.51. The molecule has 0 fully saturated rings. The van der Waals surface area contributed by atoms with Crippen molar-refractivity contribution in [1.29, 1.82) is 0 Å². The molecule has 3 rings (SSSR count). The number of hydrogen-bond donors (Lipinski definition) is 1. The second-order valence-corrected chi connectivity index (χ2v) is 7.86. The highest BCUT2D eigenvalue weighted by Crippen LogP contribution is 2.22. The van der Waals surface area contributed by atoms with Crippen LogP contribution in [0.25, 0.3) is 0 Å². The van der Waals surface area contributed by atoms with Crippen LogP contribution in [0.4, 0.5) is 4.39 Å². The SMILES string of the molecule is Cc1ccc(CCC(=O)NCCOC(=O)c2c(C)nn(Cc3ccc(F)cc3)c2Cl)cc1. The van der Waals surface area contributed by atoms with E-state index in [1.165, 1.54) is 22.4 Å². The summed E-state index contributed by atoms with van der Waals surface area (Å²) in [4.78, 5) is 24.5. The van der Waals surface area contributed by atoms with Gasteiger partial charge < -0.3 is 10.1 Å². The van der Waals surface area contributed by atoms with E-state index in [0.717, 1.165) is 11.1 Å². The highest BCUT2D eigenvalue weighted by Gasteiger charge is 2.21. The molecule has 0 unspecified atom stereocenters. The van der Waals surface area contributed by atoms with E-state index < -0.39 is 5.97 Å². The predicted octanol–water partition coefficient (Wildman–Crippen LogP) is 4.25. The fraction of sp³-hybridized carbons (Fsp3) is 0.292. The van der Waals surface area contributed by atoms with Crippen molar-refractivity contribution in [1.82, 2.24) is 15.1 Å². The molecular weight excluding hydrogens is 433 g/mol. The Balaban J connectivity index is 1.45. The van der Waals surface area contributed by atoms with Crippen molar-refractivity contribution in [3.05, 3.63) is 87.4 Å². The van der Waals surface area contributed by atoms with Gasteiger partial charge in [-0.2, -0.15) is 5.10 Å². The lowest BCUT2D eigenvalue weighted by Gasteiger charge is -2.07. The van der Waals surface area contributed by atoms with Crippen molar-refractivity contribution in [3.63, 3.8) is 0 Å². The highest BCUT2D eigenvalue weighted by atomic mass is 35.5. The van der Waals surface area contributed by atoms with Crippen molar-refractivity contribution in [3.8, 4) is 0 Å². The molecule has 0 atom stereocenters. The number of halogens is 2. The van der Waals surface area contributed by atoms with Crippen LogP contribution < -0.4 is 5.32 Å². The molecule has 3 aromatic rings. The van der Waals surface area contributed by atoms with E-state index in [1.807, 2.05) is 31.2 Å². The van der Waals surface area contributed by atoms with Gasteiger partial charge in [0.15, 0.2) is 0 Å². The lowest BCUT2D eigenvalue weighted by Crippen LogP contribution is -2.28. The zero-order chi connectivity index (χ0) is 23.1. The van der Waals surface area contributed by atoms with Gasteiger partial charge in [0, 0.05) is 6.42 Å². The number of aryl methyl sites for hydroxylation is 3. The molecule has 1 amide bonds. The van der Waals surface area contributed by atoms with Crippen molar-refractivity contribution in [2.45, 2.75) is 33.2 Å². The van der Waals surface area contributed by atoms with E-state index in [2.05, 4.69) is 10.4 Å². The molecular formula is C24H25ClFN3O3. The predicted molar refractivity (Wildman–Crippen MR) is 120 cm³/mol. The summed E-state index contributed by atoms with van der Waals surface area (Å²) < 4.78 is 19.8. The topological polar surface area (TPSA) is 73.2 Å². The summed E-state index contributed by atoms with van der Waals surface area (Å²) in [5.74, 6) is -1.04. The monoisotopic (exact) mass is 457 g/mol. The van der Waals surface area contributed by atoms with Crippen molar-refractivity contribution < 1.29 is 18.7 Å². The van der Waals surface area contributed by atoms with Gasteiger partial charge in [0.25, 0.3) is 0 Å². The maximum Gasteiger partial charge on any atom is 0.343 e. The van der Waals surface area contributed by atoms with Gasteiger partial charge in [0.2, 0.25) is 5.91 Å². The molecule has 0 aliphatic heterocycles. The molecule has 2 aromatic carbocycles. The molecule has 0 saturated heterocycles. The normalized spacial score (nSPS) is 10.8. The van der Waals surface area contributed by atoms with Gasteiger partial charge in [-0.1, -0.05) is 53.6 Å². The Morgan fingerprint density at radius 1 is 1.06 bits per heavy atom. The maximum absolute atomic E-state index is 13.1. The molecule has 0 aliphatic carbocycles. The van der Waals surface area contributed by atoms with Crippen LogP contribution >= 0.6 is 11.6 Å². The van der Waals surface area contributed by atoms with Crippen LogP contribution in [0.2, 0.25) is 5.15 Å². The summed E-state index contributed by atoms with van der Waals surface area (Å²) in [6.45, 7) is 4.20. The number of aromatic nitrogens is 2. The molecule has 0 saturated carbocycles. The largest absolute Gasteiger partial charge is 0.460 e. The molecule has 0 bridgehead atoms. The zero-order valence-electron chi connectivity index (χ0n) is 18.0. The Labute approximate surface area is 191 Å². The minimum Gasteiger partial charge on any atom is -0.460 e. The molecule has 8 heteroatoms. The summed E-state index contributed by atoms with van der Waals surface area (Å²) in [6, 6.07) is 14.0. The average Bonchev–Trinajstić information content (AvgIpc) is 3.05. The maximum atomic E-state index is 13.1. The van der Waals surface area contributed by atoms with Crippen molar-refractivity contribution in [2.24, 2.45) is 0 Å². The van der Waals surface area contributed by atoms with Gasteiger partial charge in [-0.15, -0.1) is 0 Å². The number of nitrogens with zero attached hydrogens (tertiary/aromatic N) is 2. The van der Waals surface area contributed by atoms with E-state index >= 15 is 0 Å². The summed E-state index contributed by atoms with van der Waals surface area (Å²) in [5.41, 5.74) is 3.68. The third-order valence-electron chi connectivity index (χ3n) is 4.93. The highest BCUT2D eigenvalue weighted by molar-refractivity contribution is 6.32. The summed E-state index contributed by atoms with van der Waals surface area (Å²) >= 11 is 6.33. The number of esters is 1. The third-order valence-corrected chi connectivity index (χ3v) is 5.32. The molecule has 0 spiro atoms. The lowest BCUT2D eigenvalue weighted by molar-refractivity contribution is -0.121. The van der Waals surface area contributed by atoms with E-state index in [-0.39, 0.29) is 35.6 Å². The number of hydrogen-bond acceptors (Lipinski definition) is 4. The van der Waals surface area contributed by atoms with E-state index in [0.29, 0.717) is 25.1 Å². The second kappa shape index (κ2) is 10.9. The molecule has 0 aliphatic rings. The number of amides is 1. The van der Waals surface area contributed by atoms with Crippen LogP contribution in [0, 0.1) is 19.7 Å². The molecule has 6 nitrogen and oxygen atoms in total. The summed E-state index contributed by atoms with van der Waals surface area (Å²) in [7, 11) is 0. The molecule has 1 heterocycles. The minimum atomic E-state index is -0.605. The number of nitrogens with one attached hydrogen (secondary N) is 1. The van der Waals surface area contributed by atoms with Crippen molar-refractivity contribution >= 4 is 23.5 Å². The van der Waals surface area contributed by atoms with Crippen molar-refractivity contribution in [2.75, 3.05) is 13.2 Å². The molecule has 0 radical (unpaired) electrons. The molecule has 1 N–H and O–H groups in total. The summed E-state index contributed by atoms with van der Waals surface area (Å²) in [6.07, 6.45) is 1.01. The zero-order valence-corrected chi connectivity index (χ0v) is 18.8. The molecule has 32 heavy (non-hydrogen) atoms. The first kappa shape index (κ1) is 23.5. The first-order chi connectivity index (χ1) is 15.3. The number of benzene rings is 2. The van der Waals surface area contributed by atoms with Gasteiger partial charge in [-0.3, -0.25) is 4.79 Å². The minimum absolute atomic E-state index is 0.0218. The van der Waals surface area contributed by atoms with E-state index in [9.17, 15) is 14.0 Å². The first-order valence-electron chi connectivity index (χ1n) is 10.3.